The molecule has 0 aliphatic carbocycles. The van der Waals surface area contributed by atoms with Gasteiger partial charge in [0.15, 0.2) is 12.7 Å². The molecule has 1 aromatic heterocycles. The SMILES string of the molecule is Brc1cccc(Oc2cocn2)c1Br. The van der Waals surface area contributed by atoms with Crippen LogP contribution in [0.2, 0.25) is 0 Å². The molecule has 0 saturated carbocycles. The summed E-state index contributed by atoms with van der Waals surface area (Å²) < 4.78 is 12.0. The highest BCUT2D eigenvalue weighted by Gasteiger charge is 2.06. The molecule has 0 atom stereocenters. The number of ether oxygens (including phenoxy) is 1. The first-order valence-corrected chi connectivity index (χ1v) is 5.36. The van der Waals surface area contributed by atoms with E-state index in [0.717, 1.165) is 8.95 Å². The van der Waals surface area contributed by atoms with Crippen LogP contribution < -0.4 is 4.74 Å². The molecule has 0 radical (unpaired) electrons. The van der Waals surface area contributed by atoms with Crippen LogP contribution in [0.5, 0.6) is 11.6 Å². The molecule has 0 N–H and O–H groups in total. The van der Waals surface area contributed by atoms with E-state index in [4.69, 9.17) is 9.15 Å². The van der Waals surface area contributed by atoms with E-state index in [0.29, 0.717) is 11.6 Å². The average Bonchev–Trinajstić information content (AvgIpc) is 2.66. The van der Waals surface area contributed by atoms with E-state index in [2.05, 4.69) is 36.8 Å². The molecule has 0 bridgehead atoms. The molecular formula is C9H5Br2NO2. The zero-order valence-electron chi connectivity index (χ0n) is 6.91. The predicted molar refractivity (Wildman–Crippen MR) is 58.4 cm³/mol. The Morgan fingerprint density at radius 1 is 1.29 bits per heavy atom. The number of rotatable bonds is 2. The molecule has 5 heteroatoms. The summed E-state index contributed by atoms with van der Waals surface area (Å²) in [6.45, 7) is 0. The highest BCUT2D eigenvalue weighted by Crippen LogP contribution is 2.34. The van der Waals surface area contributed by atoms with Crippen LogP contribution in [-0.4, -0.2) is 4.98 Å². The first-order chi connectivity index (χ1) is 6.77. The van der Waals surface area contributed by atoms with Gasteiger partial charge in [0.05, 0.1) is 4.47 Å². The van der Waals surface area contributed by atoms with Gasteiger partial charge in [-0.2, -0.15) is 4.98 Å². The number of benzene rings is 1. The van der Waals surface area contributed by atoms with Gasteiger partial charge in [-0.05, 0) is 44.0 Å². The van der Waals surface area contributed by atoms with Gasteiger partial charge in [-0.25, -0.2) is 0 Å². The van der Waals surface area contributed by atoms with Crippen molar-refractivity contribution in [2.45, 2.75) is 0 Å². The van der Waals surface area contributed by atoms with Gasteiger partial charge in [0.25, 0.3) is 5.88 Å². The Bertz CT molecular complexity index is 428. The first-order valence-electron chi connectivity index (χ1n) is 3.77. The minimum atomic E-state index is 0.434. The van der Waals surface area contributed by atoms with Crippen LogP contribution >= 0.6 is 31.9 Å². The lowest BCUT2D eigenvalue weighted by Gasteiger charge is -2.04. The second kappa shape index (κ2) is 4.14. The van der Waals surface area contributed by atoms with Crippen LogP contribution in [0.4, 0.5) is 0 Å². The van der Waals surface area contributed by atoms with E-state index in [-0.39, 0.29) is 0 Å². The van der Waals surface area contributed by atoms with Gasteiger partial charge in [-0.1, -0.05) is 6.07 Å². The van der Waals surface area contributed by atoms with Gasteiger partial charge in [-0.3, -0.25) is 0 Å². The summed E-state index contributed by atoms with van der Waals surface area (Å²) in [5.41, 5.74) is 0. The van der Waals surface area contributed by atoms with Crippen molar-refractivity contribution >= 4 is 31.9 Å². The molecule has 0 aliphatic rings. The van der Waals surface area contributed by atoms with Gasteiger partial charge in [-0.15, -0.1) is 0 Å². The summed E-state index contributed by atoms with van der Waals surface area (Å²) in [4.78, 5) is 3.86. The number of oxazole rings is 1. The first kappa shape index (κ1) is 9.73. The van der Waals surface area contributed by atoms with Crippen molar-refractivity contribution in [1.82, 2.24) is 4.98 Å². The molecule has 0 spiro atoms. The lowest BCUT2D eigenvalue weighted by molar-refractivity contribution is 0.454. The molecule has 0 fully saturated rings. The fourth-order valence-electron chi connectivity index (χ4n) is 0.927. The Hall–Kier alpha value is -0.810. The van der Waals surface area contributed by atoms with Gasteiger partial charge in [0.2, 0.25) is 0 Å². The Kier molecular flexibility index (Phi) is 2.88. The number of halogens is 2. The van der Waals surface area contributed by atoms with Crippen molar-refractivity contribution in [1.29, 1.82) is 0 Å². The monoisotopic (exact) mass is 317 g/mol. The molecule has 14 heavy (non-hydrogen) atoms. The number of nitrogens with zero attached hydrogens (tertiary/aromatic N) is 1. The summed E-state index contributed by atoms with van der Waals surface area (Å²) in [6, 6.07) is 5.63. The molecule has 1 heterocycles. The van der Waals surface area contributed by atoms with E-state index in [1.807, 2.05) is 18.2 Å². The van der Waals surface area contributed by atoms with Crippen molar-refractivity contribution < 1.29 is 9.15 Å². The summed E-state index contributed by atoms with van der Waals surface area (Å²) in [5.74, 6) is 1.12. The molecule has 2 aromatic rings. The Labute approximate surface area is 97.4 Å². The molecule has 0 amide bonds. The fraction of sp³-hybridized carbons (Fsp3) is 0. The Balaban J connectivity index is 2.29. The minimum Gasteiger partial charge on any atom is -0.448 e. The maximum absolute atomic E-state index is 5.45. The largest absolute Gasteiger partial charge is 0.448 e. The zero-order valence-corrected chi connectivity index (χ0v) is 10.1. The van der Waals surface area contributed by atoms with E-state index in [1.54, 1.807) is 0 Å². The highest BCUT2D eigenvalue weighted by molar-refractivity contribution is 9.13. The number of hydrogen-bond acceptors (Lipinski definition) is 3. The number of aromatic nitrogens is 1. The maximum atomic E-state index is 5.45. The third-order valence-electron chi connectivity index (χ3n) is 1.54. The molecule has 0 unspecified atom stereocenters. The lowest BCUT2D eigenvalue weighted by Crippen LogP contribution is -1.85. The zero-order chi connectivity index (χ0) is 9.97. The van der Waals surface area contributed by atoms with Crippen molar-refractivity contribution in [2.24, 2.45) is 0 Å². The molecule has 0 saturated heterocycles. The predicted octanol–water partition coefficient (Wildman–Crippen LogP) is 3.99. The average molecular weight is 319 g/mol. The van der Waals surface area contributed by atoms with Crippen LogP contribution in [0.3, 0.4) is 0 Å². The Morgan fingerprint density at radius 2 is 2.14 bits per heavy atom. The van der Waals surface area contributed by atoms with Crippen LogP contribution in [0.1, 0.15) is 0 Å². The van der Waals surface area contributed by atoms with Crippen LogP contribution in [-0.2, 0) is 0 Å². The van der Waals surface area contributed by atoms with Gasteiger partial charge >= 0.3 is 0 Å². The fourth-order valence-corrected chi connectivity index (χ4v) is 1.62. The minimum absolute atomic E-state index is 0.434. The summed E-state index contributed by atoms with van der Waals surface area (Å²) in [7, 11) is 0. The van der Waals surface area contributed by atoms with Gasteiger partial charge in [0.1, 0.15) is 5.75 Å². The number of hydrogen-bond donors (Lipinski definition) is 0. The van der Waals surface area contributed by atoms with Crippen LogP contribution in [0.25, 0.3) is 0 Å². The van der Waals surface area contributed by atoms with E-state index < -0.39 is 0 Å². The Morgan fingerprint density at radius 3 is 2.86 bits per heavy atom. The molecule has 72 valence electrons. The second-order valence-corrected chi connectivity index (χ2v) is 4.13. The smallest absolute Gasteiger partial charge is 0.258 e. The van der Waals surface area contributed by atoms with Crippen molar-refractivity contribution in [3.63, 3.8) is 0 Å². The summed E-state index contributed by atoms with van der Waals surface area (Å²) >= 11 is 6.78. The van der Waals surface area contributed by atoms with E-state index in [9.17, 15) is 0 Å². The lowest BCUT2D eigenvalue weighted by atomic mass is 10.3. The topological polar surface area (TPSA) is 35.3 Å². The van der Waals surface area contributed by atoms with E-state index in [1.165, 1.54) is 12.7 Å². The molecule has 1 aromatic carbocycles. The highest BCUT2D eigenvalue weighted by atomic mass is 79.9. The van der Waals surface area contributed by atoms with Crippen molar-refractivity contribution in [3.8, 4) is 11.6 Å². The third kappa shape index (κ3) is 1.99. The maximum Gasteiger partial charge on any atom is 0.258 e. The van der Waals surface area contributed by atoms with Crippen molar-refractivity contribution in [2.75, 3.05) is 0 Å². The van der Waals surface area contributed by atoms with Crippen LogP contribution in [0.15, 0.2) is 44.2 Å². The third-order valence-corrected chi connectivity index (χ3v) is 3.55. The summed E-state index contributed by atoms with van der Waals surface area (Å²) in [5, 5.41) is 0. The quantitative estimate of drug-likeness (QED) is 0.839. The molecule has 2 rings (SSSR count). The van der Waals surface area contributed by atoms with Gasteiger partial charge in [0, 0.05) is 4.47 Å². The van der Waals surface area contributed by atoms with Crippen molar-refractivity contribution in [3.05, 3.63) is 39.8 Å². The standard InChI is InChI=1S/C9H5Br2NO2/c10-6-2-1-3-7(9(6)11)14-8-4-13-5-12-8/h1-5H. The normalized spacial score (nSPS) is 10.1. The molecule has 3 nitrogen and oxygen atoms in total. The second-order valence-electron chi connectivity index (χ2n) is 2.48. The summed E-state index contributed by atoms with van der Waals surface area (Å²) in [6.07, 6.45) is 2.76. The molecule has 0 aliphatic heterocycles. The van der Waals surface area contributed by atoms with E-state index >= 15 is 0 Å². The van der Waals surface area contributed by atoms with Gasteiger partial charge < -0.3 is 9.15 Å². The van der Waals surface area contributed by atoms with Crippen LogP contribution in [0, 0.1) is 0 Å². The molecular weight excluding hydrogens is 314 g/mol.